The molecule has 0 aliphatic rings. The quantitative estimate of drug-likeness (QED) is 0.375. The Kier molecular flexibility index (Phi) is 7.86. The first-order chi connectivity index (χ1) is 14.2. The molecule has 0 fully saturated rings. The molecule has 0 spiro atoms. The highest BCUT2D eigenvalue weighted by molar-refractivity contribution is 7.89. The minimum absolute atomic E-state index is 0.0507. The van der Waals surface area contributed by atoms with Crippen LogP contribution < -0.4 is 16.2 Å². The standard InChI is InChI=1S/C12H17N5O2S.C7H10N2O/c1-15-12-16-10-8-9(20(14,18)19)4-5-11(10)17(12)7-3-2-6-13;1-3-9-7(5-10)4-6(2)8-9/h2-5,8H,6-7,13H2,1H3,(H,15,16)(H2,14,18,19);4-5H,3H2,1-2H3/b3-2+;. The van der Waals surface area contributed by atoms with E-state index in [0.717, 1.165) is 24.0 Å². The van der Waals surface area contributed by atoms with Crippen LogP contribution in [0, 0.1) is 6.92 Å². The van der Waals surface area contributed by atoms with E-state index in [0.29, 0.717) is 30.2 Å². The number of nitrogens with zero attached hydrogens (tertiary/aromatic N) is 4. The van der Waals surface area contributed by atoms with Gasteiger partial charge in [0.15, 0.2) is 6.29 Å². The summed E-state index contributed by atoms with van der Waals surface area (Å²) in [5, 5.41) is 12.2. The zero-order valence-electron chi connectivity index (χ0n) is 17.2. The van der Waals surface area contributed by atoms with E-state index in [9.17, 15) is 13.2 Å². The predicted molar refractivity (Wildman–Crippen MR) is 117 cm³/mol. The molecular weight excluding hydrogens is 406 g/mol. The molecule has 1 aromatic carbocycles. The molecular formula is C19H27N7O3S. The number of hydrogen-bond acceptors (Lipinski definition) is 7. The molecule has 3 rings (SSSR count). The van der Waals surface area contributed by atoms with E-state index >= 15 is 0 Å². The van der Waals surface area contributed by atoms with Crippen molar-refractivity contribution in [3.63, 3.8) is 0 Å². The van der Waals surface area contributed by atoms with Crippen LogP contribution in [0.1, 0.15) is 23.1 Å². The van der Waals surface area contributed by atoms with E-state index in [1.165, 1.54) is 12.1 Å². The number of sulfonamides is 1. The second-order valence-electron chi connectivity index (χ2n) is 6.34. The Morgan fingerprint density at radius 2 is 1.97 bits per heavy atom. The maximum absolute atomic E-state index is 11.4. The Morgan fingerprint density at radius 3 is 2.50 bits per heavy atom. The lowest BCUT2D eigenvalue weighted by molar-refractivity contribution is 0.111. The molecule has 0 unspecified atom stereocenters. The SMILES string of the molecule is CCn1nc(C)cc1C=O.CNc1nc2cc(S(N)(=O)=O)ccc2n1C/C=C/CN. The molecule has 0 saturated carbocycles. The van der Waals surface area contributed by atoms with Crippen LogP contribution in [0.5, 0.6) is 0 Å². The maximum atomic E-state index is 11.4. The van der Waals surface area contributed by atoms with Crippen LogP contribution in [0.4, 0.5) is 5.95 Å². The van der Waals surface area contributed by atoms with E-state index in [1.807, 2.05) is 30.6 Å². The second-order valence-corrected chi connectivity index (χ2v) is 7.90. The number of anilines is 1. The van der Waals surface area contributed by atoms with E-state index in [1.54, 1.807) is 23.9 Å². The van der Waals surface area contributed by atoms with Gasteiger partial charge in [0.2, 0.25) is 16.0 Å². The summed E-state index contributed by atoms with van der Waals surface area (Å²) in [6, 6.07) is 6.41. The molecule has 2 aromatic heterocycles. The smallest absolute Gasteiger partial charge is 0.238 e. The van der Waals surface area contributed by atoms with Crippen molar-refractivity contribution in [2.24, 2.45) is 10.9 Å². The third kappa shape index (κ3) is 5.53. The maximum Gasteiger partial charge on any atom is 0.238 e. The molecule has 0 amide bonds. The number of allylic oxidation sites excluding steroid dienone is 1. The lowest BCUT2D eigenvalue weighted by Crippen LogP contribution is -2.11. The van der Waals surface area contributed by atoms with Crippen molar-refractivity contribution in [2.45, 2.75) is 31.8 Å². The van der Waals surface area contributed by atoms with Crippen molar-refractivity contribution in [1.82, 2.24) is 19.3 Å². The molecule has 11 heteroatoms. The van der Waals surface area contributed by atoms with Crippen LogP contribution in [0.2, 0.25) is 0 Å². The Hall–Kier alpha value is -3.02. The summed E-state index contributed by atoms with van der Waals surface area (Å²) in [6.07, 6.45) is 4.60. The summed E-state index contributed by atoms with van der Waals surface area (Å²) in [4.78, 5) is 14.7. The molecule has 10 nitrogen and oxygen atoms in total. The lowest BCUT2D eigenvalue weighted by Gasteiger charge is -2.05. The number of aromatic nitrogens is 4. The van der Waals surface area contributed by atoms with Crippen molar-refractivity contribution >= 4 is 33.3 Å². The van der Waals surface area contributed by atoms with Gasteiger partial charge in [0.05, 0.1) is 21.6 Å². The number of fused-ring (bicyclic) bond motifs is 1. The molecule has 0 radical (unpaired) electrons. The lowest BCUT2D eigenvalue weighted by atomic mass is 10.3. The summed E-state index contributed by atoms with van der Waals surface area (Å²) < 4.78 is 26.3. The Balaban J connectivity index is 0.000000269. The van der Waals surface area contributed by atoms with Crippen molar-refractivity contribution in [2.75, 3.05) is 18.9 Å². The number of benzene rings is 1. The summed E-state index contributed by atoms with van der Waals surface area (Å²) >= 11 is 0. The normalized spacial score (nSPS) is 11.5. The Morgan fingerprint density at radius 1 is 1.23 bits per heavy atom. The zero-order valence-corrected chi connectivity index (χ0v) is 18.1. The molecule has 0 saturated heterocycles. The fourth-order valence-corrected chi connectivity index (χ4v) is 3.39. The van der Waals surface area contributed by atoms with Gasteiger partial charge in [-0.3, -0.25) is 9.48 Å². The Labute approximate surface area is 175 Å². The number of nitrogens with two attached hydrogens (primary N) is 2. The van der Waals surface area contributed by atoms with Crippen molar-refractivity contribution < 1.29 is 13.2 Å². The van der Waals surface area contributed by atoms with Crippen molar-refractivity contribution in [3.05, 3.63) is 47.8 Å². The van der Waals surface area contributed by atoms with Gasteiger partial charge < -0.3 is 15.6 Å². The summed E-state index contributed by atoms with van der Waals surface area (Å²) in [7, 11) is -1.97. The molecule has 162 valence electrons. The number of aldehydes is 1. The first kappa shape index (κ1) is 23.3. The molecule has 5 N–H and O–H groups in total. The van der Waals surface area contributed by atoms with Gasteiger partial charge in [-0.2, -0.15) is 5.10 Å². The number of imidazole rings is 1. The minimum atomic E-state index is -3.73. The number of carbonyl (C=O) groups is 1. The number of primary sulfonamides is 1. The Bertz CT molecular complexity index is 1150. The number of hydrogen-bond donors (Lipinski definition) is 3. The molecule has 3 aromatic rings. The fraction of sp³-hybridized carbons (Fsp3) is 0.316. The fourth-order valence-electron chi connectivity index (χ4n) is 2.85. The highest BCUT2D eigenvalue weighted by Crippen LogP contribution is 2.22. The third-order valence-electron chi connectivity index (χ3n) is 4.22. The number of carbonyl (C=O) groups excluding carboxylic acids is 1. The van der Waals surface area contributed by atoms with Gasteiger partial charge in [0, 0.05) is 26.7 Å². The van der Waals surface area contributed by atoms with Gasteiger partial charge in [0.25, 0.3) is 0 Å². The van der Waals surface area contributed by atoms with Gasteiger partial charge in [-0.15, -0.1) is 0 Å². The van der Waals surface area contributed by atoms with Crippen LogP contribution in [0.3, 0.4) is 0 Å². The summed E-state index contributed by atoms with van der Waals surface area (Å²) in [6.45, 7) is 5.65. The van der Waals surface area contributed by atoms with Gasteiger partial charge in [0.1, 0.15) is 5.69 Å². The summed E-state index contributed by atoms with van der Waals surface area (Å²) in [5.41, 5.74) is 8.35. The van der Waals surface area contributed by atoms with Crippen LogP contribution in [0.25, 0.3) is 11.0 Å². The largest absolute Gasteiger partial charge is 0.359 e. The van der Waals surface area contributed by atoms with Gasteiger partial charge in [-0.25, -0.2) is 18.5 Å². The first-order valence-electron chi connectivity index (χ1n) is 9.30. The number of rotatable bonds is 7. The van der Waals surface area contributed by atoms with E-state index in [2.05, 4.69) is 15.4 Å². The van der Waals surface area contributed by atoms with Gasteiger partial charge >= 0.3 is 0 Å². The van der Waals surface area contributed by atoms with Gasteiger partial charge in [-0.05, 0) is 38.1 Å². The first-order valence-corrected chi connectivity index (χ1v) is 10.8. The van der Waals surface area contributed by atoms with Crippen LogP contribution in [-0.4, -0.2) is 47.6 Å². The second kappa shape index (κ2) is 10.1. The molecule has 0 atom stereocenters. The van der Waals surface area contributed by atoms with Crippen LogP contribution in [0.15, 0.2) is 41.3 Å². The minimum Gasteiger partial charge on any atom is -0.359 e. The predicted octanol–water partition coefficient (Wildman–Crippen LogP) is 1.26. The van der Waals surface area contributed by atoms with Crippen LogP contribution >= 0.6 is 0 Å². The zero-order chi connectivity index (χ0) is 22.3. The highest BCUT2D eigenvalue weighted by atomic mass is 32.2. The molecule has 2 heterocycles. The molecule has 30 heavy (non-hydrogen) atoms. The number of aryl methyl sites for hydroxylation is 2. The highest BCUT2D eigenvalue weighted by Gasteiger charge is 2.13. The monoisotopic (exact) mass is 433 g/mol. The van der Waals surface area contributed by atoms with Gasteiger partial charge in [-0.1, -0.05) is 12.2 Å². The molecule has 0 aliphatic carbocycles. The van der Waals surface area contributed by atoms with Crippen molar-refractivity contribution in [1.29, 1.82) is 0 Å². The molecule has 0 aliphatic heterocycles. The number of nitrogens with one attached hydrogen (secondary N) is 1. The van der Waals surface area contributed by atoms with E-state index < -0.39 is 10.0 Å². The summed E-state index contributed by atoms with van der Waals surface area (Å²) in [5.74, 6) is 0.647. The van der Waals surface area contributed by atoms with Crippen molar-refractivity contribution in [3.8, 4) is 0 Å². The molecule has 0 bridgehead atoms. The van der Waals surface area contributed by atoms with Crippen LogP contribution in [-0.2, 0) is 23.1 Å². The topological polar surface area (TPSA) is 151 Å². The average molecular weight is 434 g/mol. The third-order valence-corrected chi connectivity index (χ3v) is 5.13. The van der Waals surface area contributed by atoms with E-state index in [-0.39, 0.29) is 4.90 Å². The van der Waals surface area contributed by atoms with E-state index in [4.69, 9.17) is 10.9 Å². The average Bonchev–Trinajstić information content (AvgIpc) is 3.27.